The van der Waals surface area contributed by atoms with E-state index in [0.717, 1.165) is 24.0 Å². The lowest BCUT2D eigenvalue weighted by molar-refractivity contribution is 0.0720. The van der Waals surface area contributed by atoms with E-state index in [2.05, 4.69) is 0 Å². The summed E-state index contributed by atoms with van der Waals surface area (Å²) < 4.78 is 21.8. The van der Waals surface area contributed by atoms with E-state index in [1.807, 2.05) is 12.1 Å². The molecule has 0 spiro atoms. The Hall–Kier alpha value is -2.80. The Labute approximate surface area is 169 Å². The number of benzene rings is 1. The Morgan fingerprint density at radius 3 is 2.48 bits per heavy atom. The molecule has 7 nitrogen and oxygen atoms in total. The summed E-state index contributed by atoms with van der Waals surface area (Å²) in [5, 5.41) is 0. The maximum atomic E-state index is 13.1. The van der Waals surface area contributed by atoms with E-state index < -0.39 is 5.63 Å². The fourth-order valence-corrected chi connectivity index (χ4v) is 4.07. The van der Waals surface area contributed by atoms with Crippen LogP contribution in [0.25, 0.3) is 0 Å². The van der Waals surface area contributed by atoms with E-state index >= 15 is 0 Å². The molecule has 1 aromatic carbocycles. The van der Waals surface area contributed by atoms with Gasteiger partial charge in [-0.25, -0.2) is 4.79 Å². The Bertz CT molecular complexity index is 990. The lowest BCUT2D eigenvalue weighted by atomic mass is 9.97. The van der Waals surface area contributed by atoms with Gasteiger partial charge in [0.2, 0.25) is 0 Å². The zero-order valence-corrected chi connectivity index (χ0v) is 16.9. The first-order valence-corrected chi connectivity index (χ1v) is 9.81. The normalized spacial score (nSPS) is 18.4. The van der Waals surface area contributed by atoms with Gasteiger partial charge in [-0.15, -0.1) is 0 Å². The summed E-state index contributed by atoms with van der Waals surface area (Å²) in [4.78, 5) is 27.4. The van der Waals surface area contributed by atoms with Crippen LogP contribution in [0, 0.1) is 6.92 Å². The molecule has 1 amide bonds. The third kappa shape index (κ3) is 3.62. The number of carbonyl (C=O) groups excluding carboxylic acids is 1. The van der Waals surface area contributed by atoms with E-state index in [1.165, 1.54) is 0 Å². The van der Waals surface area contributed by atoms with E-state index in [9.17, 15) is 9.59 Å². The fourth-order valence-electron chi connectivity index (χ4n) is 4.07. The lowest BCUT2D eigenvalue weighted by Crippen LogP contribution is -2.38. The van der Waals surface area contributed by atoms with E-state index in [4.69, 9.17) is 18.6 Å². The summed E-state index contributed by atoms with van der Waals surface area (Å²) in [6.07, 6.45) is 2.24. The van der Waals surface area contributed by atoms with Gasteiger partial charge in [0.25, 0.3) is 5.91 Å². The third-order valence-corrected chi connectivity index (χ3v) is 5.63. The van der Waals surface area contributed by atoms with Crippen molar-refractivity contribution in [2.45, 2.75) is 38.8 Å². The predicted molar refractivity (Wildman–Crippen MR) is 106 cm³/mol. The van der Waals surface area contributed by atoms with Crippen LogP contribution in [0.4, 0.5) is 0 Å². The summed E-state index contributed by atoms with van der Waals surface area (Å²) in [6.45, 7) is 3.36. The molecular formula is C22H25NO6. The van der Waals surface area contributed by atoms with Crippen LogP contribution < -0.4 is 15.1 Å². The van der Waals surface area contributed by atoms with E-state index in [1.54, 1.807) is 32.1 Å². The zero-order chi connectivity index (χ0) is 20.5. The highest BCUT2D eigenvalue weighted by atomic mass is 16.5. The van der Waals surface area contributed by atoms with Gasteiger partial charge in [-0.1, -0.05) is 0 Å². The fraction of sp³-hybridized carbons (Fsp3) is 0.455. The Morgan fingerprint density at radius 1 is 1.14 bits per heavy atom. The molecule has 0 aliphatic carbocycles. The number of aryl methyl sites for hydroxylation is 1. The Kier molecular flexibility index (Phi) is 5.32. The van der Waals surface area contributed by atoms with Gasteiger partial charge in [-0.2, -0.15) is 0 Å². The van der Waals surface area contributed by atoms with Gasteiger partial charge < -0.3 is 23.5 Å². The number of ether oxygens (including phenoxy) is 3. The second kappa shape index (κ2) is 7.91. The van der Waals surface area contributed by atoms with Gasteiger partial charge in [0, 0.05) is 19.7 Å². The molecule has 29 heavy (non-hydrogen) atoms. The van der Waals surface area contributed by atoms with Crippen LogP contribution >= 0.6 is 0 Å². The topological polar surface area (TPSA) is 78.2 Å². The molecule has 0 saturated carbocycles. The number of fused-ring (bicyclic) bond motifs is 1. The summed E-state index contributed by atoms with van der Waals surface area (Å²) >= 11 is 0. The van der Waals surface area contributed by atoms with Gasteiger partial charge in [-0.3, -0.25) is 4.79 Å². The van der Waals surface area contributed by atoms with Crippen molar-refractivity contribution in [1.82, 2.24) is 4.90 Å². The van der Waals surface area contributed by atoms with Gasteiger partial charge in [0.05, 0.1) is 14.2 Å². The molecule has 2 aliphatic heterocycles. The number of carbonyl (C=O) groups is 1. The van der Waals surface area contributed by atoms with Gasteiger partial charge in [-0.05, 0) is 61.1 Å². The van der Waals surface area contributed by atoms with Gasteiger partial charge >= 0.3 is 5.63 Å². The molecule has 4 rings (SSSR count). The number of nitrogens with zero attached hydrogens (tertiary/aromatic N) is 1. The summed E-state index contributed by atoms with van der Waals surface area (Å²) in [6, 6.07) is 5.60. The van der Waals surface area contributed by atoms with Crippen molar-refractivity contribution >= 4 is 5.91 Å². The second-order valence-electron chi connectivity index (χ2n) is 7.45. The van der Waals surface area contributed by atoms with Crippen molar-refractivity contribution in [3.05, 3.63) is 56.6 Å². The first kappa shape index (κ1) is 19.5. The molecule has 1 unspecified atom stereocenters. The minimum absolute atomic E-state index is 0.0932. The second-order valence-corrected chi connectivity index (χ2v) is 7.45. The summed E-state index contributed by atoms with van der Waals surface area (Å²) in [5.41, 5.74) is 2.22. The van der Waals surface area contributed by atoms with Crippen LogP contribution in [0.5, 0.6) is 11.5 Å². The number of methoxy groups -OCH3 is 2. The van der Waals surface area contributed by atoms with Gasteiger partial charge in [0.15, 0.2) is 11.5 Å². The highest BCUT2D eigenvalue weighted by Crippen LogP contribution is 2.34. The maximum absolute atomic E-state index is 13.1. The number of rotatable bonds is 4. The minimum atomic E-state index is -0.599. The maximum Gasteiger partial charge on any atom is 0.349 e. The predicted octanol–water partition coefficient (Wildman–Crippen LogP) is 3.02. The molecule has 2 aromatic rings. The molecule has 7 heteroatoms. The van der Waals surface area contributed by atoms with Crippen LogP contribution in [0.15, 0.2) is 27.4 Å². The number of amides is 1. The van der Waals surface area contributed by atoms with Crippen LogP contribution in [-0.4, -0.2) is 38.2 Å². The number of hydrogen-bond acceptors (Lipinski definition) is 6. The van der Waals surface area contributed by atoms with Crippen molar-refractivity contribution in [1.29, 1.82) is 0 Å². The molecule has 1 aromatic heterocycles. The van der Waals surface area contributed by atoms with Crippen molar-refractivity contribution in [3.63, 3.8) is 0 Å². The van der Waals surface area contributed by atoms with Crippen molar-refractivity contribution in [2.24, 2.45) is 0 Å². The van der Waals surface area contributed by atoms with Crippen molar-refractivity contribution in [2.75, 3.05) is 27.4 Å². The first-order chi connectivity index (χ1) is 14.0. The zero-order valence-electron chi connectivity index (χ0n) is 16.9. The standard InChI is InChI=1S/C22H25NO6/c1-13-9-19(16-5-4-8-28-16)29-22(25)20(13)21(24)23-7-6-14-10-17(26-2)18(27-3)11-15(14)12-23/h9-11,16H,4-8,12H2,1-3H3. The first-order valence-electron chi connectivity index (χ1n) is 9.81. The van der Waals surface area contributed by atoms with Crippen LogP contribution in [0.3, 0.4) is 0 Å². The Morgan fingerprint density at radius 2 is 1.86 bits per heavy atom. The molecular weight excluding hydrogens is 374 g/mol. The average molecular weight is 399 g/mol. The van der Waals surface area contributed by atoms with E-state index in [0.29, 0.717) is 48.9 Å². The lowest BCUT2D eigenvalue weighted by Gasteiger charge is -2.29. The van der Waals surface area contributed by atoms with Crippen molar-refractivity contribution < 1.29 is 23.4 Å². The Balaban J connectivity index is 1.60. The molecule has 1 atom stereocenters. The van der Waals surface area contributed by atoms with E-state index in [-0.39, 0.29) is 17.6 Å². The molecule has 0 N–H and O–H groups in total. The van der Waals surface area contributed by atoms with Gasteiger partial charge in [0.1, 0.15) is 17.4 Å². The SMILES string of the molecule is COc1cc2c(cc1OC)CN(C(=O)c1c(C)cc(C3CCCO3)oc1=O)CC2. The highest BCUT2D eigenvalue weighted by Gasteiger charge is 2.29. The quantitative estimate of drug-likeness (QED) is 0.787. The summed E-state index contributed by atoms with van der Waals surface area (Å²) in [5.74, 6) is 1.49. The molecule has 1 fully saturated rings. The minimum Gasteiger partial charge on any atom is -0.493 e. The average Bonchev–Trinajstić information content (AvgIpc) is 3.26. The van der Waals surface area contributed by atoms with Crippen LogP contribution in [-0.2, 0) is 17.7 Å². The number of hydrogen-bond donors (Lipinski definition) is 0. The van der Waals surface area contributed by atoms with Crippen LogP contribution in [0.2, 0.25) is 0 Å². The summed E-state index contributed by atoms with van der Waals surface area (Å²) in [7, 11) is 3.19. The highest BCUT2D eigenvalue weighted by molar-refractivity contribution is 5.95. The third-order valence-electron chi connectivity index (χ3n) is 5.63. The molecule has 1 saturated heterocycles. The monoisotopic (exact) mass is 399 g/mol. The molecule has 0 radical (unpaired) electrons. The molecule has 3 heterocycles. The molecule has 0 bridgehead atoms. The largest absolute Gasteiger partial charge is 0.493 e. The smallest absolute Gasteiger partial charge is 0.349 e. The molecule has 2 aliphatic rings. The van der Waals surface area contributed by atoms with Crippen molar-refractivity contribution in [3.8, 4) is 11.5 Å². The molecule has 154 valence electrons. The van der Waals surface area contributed by atoms with Crippen LogP contribution in [0.1, 0.15) is 51.8 Å².